The lowest BCUT2D eigenvalue weighted by Gasteiger charge is -2.29. The summed E-state index contributed by atoms with van der Waals surface area (Å²) >= 11 is 0. The van der Waals surface area contributed by atoms with E-state index in [9.17, 15) is 8.42 Å². The molecule has 2 heterocycles. The third-order valence-electron chi connectivity index (χ3n) is 2.85. The molecule has 6 nitrogen and oxygen atoms in total. The fourth-order valence-electron chi connectivity index (χ4n) is 1.84. The summed E-state index contributed by atoms with van der Waals surface area (Å²) in [6.07, 6.45) is 3.49. The molecular weight excluding hydrogens is 264 g/mol. The van der Waals surface area contributed by atoms with E-state index >= 15 is 0 Å². The molecule has 0 spiro atoms. The molecule has 1 saturated heterocycles. The predicted octanol–water partition coefficient (Wildman–Crippen LogP) is 0.108. The highest BCUT2D eigenvalue weighted by molar-refractivity contribution is 7.89. The second kappa shape index (κ2) is 5.81. The number of piperidine rings is 1. The number of halogens is 1. The molecule has 8 heteroatoms. The van der Waals surface area contributed by atoms with Crippen LogP contribution in [0.5, 0.6) is 0 Å². The van der Waals surface area contributed by atoms with Gasteiger partial charge in [-0.25, -0.2) is 18.1 Å². The zero-order valence-electron chi connectivity index (χ0n) is 9.51. The quantitative estimate of drug-likeness (QED) is 0.733. The largest absolute Gasteiger partial charge is 0.335 e. The third-order valence-corrected chi connectivity index (χ3v) is 4.27. The highest BCUT2D eigenvalue weighted by Gasteiger charge is 2.27. The predicted molar refractivity (Wildman–Crippen MR) is 66.6 cm³/mol. The summed E-state index contributed by atoms with van der Waals surface area (Å²) < 4.78 is 26.5. The lowest BCUT2D eigenvalue weighted by molar-refractivity contribution is 0.328. The maximum absolute atomic E-state index is 11.9. The van der Waals surface area contributed by atoms with E-state index in [2.05, 4.69) is 20.0 Å². The summed E-state index contributed by atoms with van der Waals surface area (Å²) in [7, 11) is -3.45. The molecule has 0 bridgehead atoms. The number of aromatic nitrogens is 2. The molecule has 0 radical (unpaired) electrons. The van der Waals surface area contributed by atoms with E-state index in [4.69, 9.17) is 0 Å². The van der Waals surface area contributed by atoms with Gasteiger partial charge in [-0.15, -0.1) is 12.4 Å². The van der Waals surface area contributed by atoms with E-state index in [-0.39, 0.29) is 23.5 Å². The van der Waals surface area contributed by atoms with E-state index in [1.807, 2.05) is 6.92 Å². The number of hydrogen-bond acceptors (Lipinski definition) is 4. The van der Waals surface area contributed by atoms with Gasteiger partial charge in [0.2, 0.25) is 0 Å². The first-order valence-electron chi connectivity index (χ1n) is 5.31. The Labute approximate surface area is 107 Å². The number of rotatable bonds is 3. The highest BCUT2D eigenvalue weighted by Crippen LogP contribution is 2.13. The normalized spacial score (nSPS) is 25.2. The van der Waals surface area contributed by atoms with Gasteiger partial charge in [0.25, 0.3) is 10.0 Å². The van der Waals surface area contributed by atoms with Crippen molar-refractivity contribution in [2.45, 2.75) is 24.4 Å². The Bertz CT molecular complexity index is 434. The van der Waals surface area contributed by atoms with E-state index in [1.54, 1.807) is 0 Å². The van der Waals surface area contributed by atoms with Gasteiger partial charge in [0, 0.05) is 6.04 Å². The van der Waals surface area contributed by atoms with E-state index < -0.39 is 10.0 Å². The second-order valence-electron chi connectivity index (χ2n) is 4.11. The Morgan fingerprint density at radius 3 is 2.88 bits per heavy atom. The Hall–Kier alpha value is -0.630. The Kier molecular flexibility index (Phi) is 4.93. The molecule has 1 fully saturated rings. The summed E-state index contributed by atoms with van der Waals surface area (Å²) in [4.78, 5) is 6.32. The zero-order valence-corrected chi connectivity index (χ0v) is 11.1. The lowest BCUT2D eigenvalue weighted by atomic mass is 9.97. The summed E-state index contributed by atoms with van der Waals surface area (Å²) in [6.45, 7) is 3.73. The van der Waals surface area contributed by atoms with Gasteiger partial charge in [-0.3, -0.25) is 0 Å². The Balaban J connectivity index is 0.00000144. The molecule has 17 heavy (non-hydrogen) atoms. The van der Waals surface area contributed by atoms with Crippen LogP contribution >= 0.6 is 12.4 Å². The van der Waals surface area contributed by atoms with E-state index in [1.165, 1.54) is 12.5 Å². The first kappa shape index (κ1) is 14.4. The average molecular weight is 281 g/mol. The Morgan fingerprint density at radius 1 is 1.53 bits per heavy atom. The molecule has 0 saturated carbocycles. The van der Waals surface area contributed by atoms with Crippen LogP contribution in [0.3, 0.4) is 0 Å². The molecule has 1 aliphatic rings. The first-order valence-corrected chi connectivity index (χ1v) is 6.79. The fourth-order valence-corrected chi connectivity index (χ4v) is 3.13. The van der Waals surface area contributed by atoms with Gasteiger partial charge in [0.15, 0.2) is 5.03 Å². The lowest BCUT2D eigenvalue weighted by Crippen LogP contribution is -2.48. The maximum Gasteiger partial charge on any atom is 0.257 e. The second-order valence-corrected chi connectivity index (χ2v) is 5.80. The number of H-pyrrole nitrogens is 1. The van der Waals surface area contributed by atoms with Crippen LogP contribution in [0.1, 0.15) is 13.3 Å². The molecule has 98 valence electrons. The maximum atomic E-state index is 11.9. The molecule has 0 aliphatic carbocycles. The average Bonchev–Trinajstić information content (AvgIpc) is 2.75. The van der Waals surface area contributed by atoms with Crippen molar-refractivity contribution < 1.29 is 8.42 Å². The van der Waals surface area contributed by atoms with Crippen molar-refractivity contribution >= 4 is 22.4 Å². The van der Waals surface area contributed by atoms with Crippen LogP contribution in [-0.4, -0.2) is 37.5 Å². The van der Waals surface area contributed by atoms with Crippen LogP contribution in [-0.2, 0) is 10.0 Å². The molecule has 3 N–H and O–H groups in total. The van der Waals surface area contributed by atoms with Crippen molar-refractivity contribution in [3.05, 3.63) is 12.5 Å². The van der Waals surface area contributed by atoms with Gasteiger partial charge < -0.3 is 10.3 Å². The van der Waals surface area contributed by atoms with Gasteiger partial charge >= 0.3 is 0 Å². The molecule has 1 aromatic heterocycles. The summed E-state index contributed by atoms with van der Waals surface area (Å²) in [5.74, 6) is 0.298. The van der Waals surface area contributed by atoms with Gasteiger partial charge in [0.1, 0.15) is 0 Å². The van der Waals surface area contributed by atoms with Crippen molar-refractivity contribution in [3.63, 3.8) is 0 Å². The number of nitrogens with zero attached hydrogens (tertiary/aromatic N) is 1. The molecule has 1 aromatic rings. The van der Waals surface area contributed by atoms with Crippen LogP contribution in [0.4, 0.5) is 0 Å². The van der Waals surface area contributed by atoms with Crippen molar-refractivity contribution in [3.8, 4) is 0 Å². The van der Waals surface area contributed by atoms with Crippen molar-refractivity contribution in [1.82, 2.24) is 20.0 Å². The topological polar surface area (TPSA) is 86.9 Å². The minimum Gasteiger partial charge on any atom is -0.335 e. The molecule has 1 aliphatic heterocycles. The van der Waals surface area contributed by atoms with Crippen molar-refractivity contribution in [1.29, 1.82) is 0 Å². The number of imidazole rings is 1. The zero-order chi connectivity index (χ0) is 11.6. The molecule has 2 unspecified atom stereocenters. The monoisotopic (exact) mass is 280 g/mol. The van der Waals surface area contributed by atoms with E-state index in [0.717, 1.165) is 19.5 Å². The van der Waals surface area contributed by atoms with E-state index in [0.29, 0.717) is 5.92 Å². The molecular formula is C9H17ClN4O2S. The minimum atomic E-state index is -3.45. The Morgan fingerprint density at radius 2 is 2.29 bits per heavy atom. The fraction of sp³-hybridized carbons (Fsp3) is 0.667. The van der Waals surface area contributed by atoms with Gasteiger partial charge in [0.05, 0.1) is 12.5 Å². The van der Waals surface area contributed by atoms with Crippen LogP contribution in [0, 0.1) is 5.92 Å². The summed E-state index contributed by atoms with van der Waals surface area (Å²) in [6, 6.07) is -0.00505. The summed E-state index contributed by atoms with van der Waals surface area (Å²) in [5.41, 5.74) is 0. The molecule has 2 rings (SSSR count). The van der Waals surface area contributed by atoms with Crippen molar-refractivity contribution in [2.75, 3.05) is 13.1 Å². The van der Waals surface area contributed by atoms with Crippen molar-refractivity contribution in [2.24, 2.45) is 5.92 Å². The number of sulfonamides is 1. The van der Waals surface area contributed by atoms with Crippen LogP contribution in [0.2, 0.25) is 0 Å². The van der Waals surface area contributed by atoms with Crippen LogP contribution in [0.15, 0.2) is 17.6 Å². The molecule has 0 amide bonds. The van der Waals surface area contributed by atoms with Gasteiger partial charge in [-0.1, -0.05) is 6.92 Å². The highest BCUT2D eigenvalue weighted by atomic mass is 35.5. The molecule has 2 atom stereocenters. The standard InChI is InChI=1S/C9H16N4O2S.ClH/c1-7-4-10-3-2-8(7)13-16(14,15)9-5-11-6-12-9;/h5-8,10,13H,2-4H2,1H3,(H,11,12);1H. The summed E-state index contributed by atoms with van der Waals surface area (Å²) in [5, 5.41) is 3.35. The van der Waals surface area contributed by atoms with Crippen LogP contribution < -0.4 is 10.0 Å². The number of nitrogens with one attached hydrogen (secondary N) is 3. The number of hydrogen-bond donors (Lipinski definition) is 3. The third kappa shape index (κ3) is 3.41. The van der Waals surface area contributed by atoms with Gasteiger partial charge in [-0.2, -0.15) is 0 Å². The SMILES string of the molecule is CC1CNCCC1NS(=O)(=O)c1cnc[nH]1.Cl. The smallest absolute Gasteiger partial charge is 0.257 e. The number of aromatic amines is 1. The minimum absolute atomic E-state index is 0. The molecule has 0 aromatic carbocycles. The van der Waals surface area contributed by atoms with Gasteiger partial charge in [-0.05, 0) is 25.4 Å². The first-order chi connectivity index (χ1) is 7.59. The van der Waals surface area contributed by atoms with Crippen LogP contribution in [0.25, 0.3) is 0 Å².